The maximum atomic E-state index is 6.04. The first-order chi connectivity index (χ1) is 13.8. The molecule has 4 aromatic heterocycles. The Morgan fingerprint density at radius 3 is 2.89 bits per heavy atom. The van der Waals surface area contributed by atoms with E-state index in [9.17, 15) is 0 Å². The van der Waals surface area contributed by atoms with Crippen molar-refractivity contribution in [2.24, 2.45) is 7.05 Å². The van der Waals surface area contributed by atoms with E-state index in [1.807, 2.05) is 43.6 Å². The van der Waals surface area contributed by atoms with E-state index in [4.69, 9.17) is 14.7 Å². The lowest BCUT2D eigenvalue weighted by molar-refractivity contribution is 0.313. The second-order valence-corrected chi connectivity index (χ2v) is 6.45. The van der Waals surface area contributed by atoms with Crippen LogP contribution in [-0.4, -0.2) is 41.5 Å². The second kappa shape index (κ2) is 6.73. The Morgan fingerprint density at radius 2 is 2.00 bits per heavy atom. The van der Waals surface area contributed by atoms with Gasteiger partial charge in [-0.3, -0.25) is 14.8 Å². The number of ether oxygens (including phenoxy) is 1. The lowest BCUT2D eigenvalue weighted by Gasteiger charge is -2.09. The van der Waals surface area contributed by atoms with Crippen molar-refractivity contribution in [1.82, 2.24) is 34.9 Å². The fourth-order valence-electron chi connectivity index (χ4n) is 3.20. The summed E-state index contributed by atoms with van der Waals surface area (Å²) in [4.78, 5) is 13.6. The van der Waals surface area contributed by atoms with Gasteiger partial charge in [0.25, 0.3) is 0 Å². The van der Waals surface area contributed by atoms with E-state index in [0.717, 1.165) is 39.5 Å². The average molecular weight is 371 g/mol. The third kappa shape index (κ3) is 2.84. The van der Waals surface area contributed by atoms with Gasteiger partial charge in [-0.25, -0.2) is 4.98 Å². The zero-order valence-electron chi connectivity index (χ0n) is 15.2. The third-order valence-corrected chi connectivity index (χ3v) is 4.64. The molecule has 0 aliphatic rings. The van der Waals surface area contributed by atoms with Gasteiger partial charge >= 0.3 is 0 Å². The van der Waals surface area contributed by atoms with Crippen LogP contribution in [0.15, 0.2) is 55.1 Å². The summed E-state index contributed by atoms with van der Waals surface area (Å²) in [5.41, 5.74) is 3.67. The van der Waals surface area contributed by atoms with Crippen LogP contribution in [0.4, 0.5) is 0 Å². The lowest BCUT2D eigenvalue weighted by Crippen LogP contribution is -2.05. The fourth-order valence-corrected chi connectivity index (χ4v) is 3.20. The molecule has 0 spiro atoms. The van der Waals surface area contributed by atoms with E-state index in [2.05, 4.69) is 20.3 Å². The number of aromatic amines is 1. The van der Waals surface area contributed by atoms with Crippen LogP contribution in [0.3, 0.4) is 0 Å². The summed E-state index contributed by atoms with van der Waals surface area (Å²) in [6.07, 6.45) is 7.86. The van der Waals surface area contributed by atoms with Gasteiger partial charge in [-0.05, 0) is 17.7 Å². The normalized spacial score (nSPS) is 11.3. The molecule has 5 rings (SSSR count). The summed E-state index contributed by atoms with van der Waals surface area (Å²) < 4.78 is 7.76. The van der Waals surface area contributed by atoms with E-state index in [1.165, 1.54) is 0 Å². The first kappa shape index (κ1) is 16.4. The van der Waals surface area contributed by atoms with Gasteiger partial charge in [-0.1, -0.05) is 18.2 Å². The third-order valence-electron chi connectivity index (χ3n) is 4.64. The number of hydrogen-bond donors (Lipinski definition) is 1. The number of aromatic nitrogens is 7. The molecular formula is C20H17N7O. The highest BCUT2D eigenvalue weighted by atomic mass is 16.5. The van der Waals surface area contributed by atoms with Gasteiger partial charge in [0.15, 0.2) is 11.5 Å². The van der Waals surface area contributed by atoms with Gasteiger partial charge < -0.3 is 4.74 Å². The zero-order chi connectivity index (χ0) is 18.9. The van der Waals surface area contributed by atoms with Gasteiger partial charge in [0.2, 0.25) is 5.88 Å². The molecule has 0 radical (unpaired) electrons. The topological polar surface area (TPSA) is 94.4 Å². The van der Waals surface area contributed by atoms with Crippen LogP contribution in [0, 0.1) is 0 Å². The maximum Gasteiger partial charge on any atom is 0.228 e. The number of benzene rings is 1. The largest absolute Gasteiger partial charge is 0.477 e. The van der Waals surface area contributed by atoms with Gasteiger partial charge in [-0.2, -0.15) is 15.2 Å². The van der Waals surface area contributed by atoms with Crippen molar-refractivity contribution in [2.75, 3.05) is 6.61 Å². The number of pyridine rings is 1. The Kier molecular flexibility index (Phi) is 3.93. The molecule has 0 bridgehead atoms. The first-order valence-electron chi connectivity index (χ1n) is 8.93. The Hall–Kier alpha value is -3.81. The molecule has 8 heteroatoms. The van der Waals surface area contributed by atoms with Gasteiger partial charge in [0.05, 0.1) is 24.5 Å². The summed E-state index contributed by atoms with van der Waals surface area (Å²) in [6.45, 7) is 0.488. The molecule has 0 aliphatic carbocycles. The Morgan fingerprint density at radius 1 is 1.04 bits per heavy atom. The molecule has 0 fully saturated rings. The molecule has 0 saturated carbocycles. The van der Waals surface area contributed by atoms with Crippen LogP contribution in [-0.2, 0) is 13.5 Å². The monoisotopic (exact) mass is 371 g/mol. The molecule has 0 aliphatic heterocycles. The van der Waals surface area contributed by atoms with Crippen LogP contribution in [0.25, 0.3) is 33.3 Å². The number of nitrogens with zero attached hydrogens (tertiary/aromatic N) is 6. The van der Waals surface area contributed by atoms with Crippen molar-refractivity contribution in [3.8, 4) is 17.3 Å². The SMILES string of the molecule is Cn1ncc2c(OCCc3cccnc3)nc(-c3cccc4[nH]ncc34)nc21. The first-order valence-corrected chi connectivity index (χ1v) is 8.93. The summed E-state index contributed by atoms with van der Waals surface area (Å²) in [7, 11) is 1.86. The number of nitrogens with one attached hydrogen (secondary N) is 1. The van der Waals surface area contributed by atoms with Crippen molar-refractivity contribution in [3.05, 3.63) is 60.7 Å². The van der Waals surface area contributed by atoms with Crippen molar-refractivity contribution >= 4 is 21.9 Å². The highest BCUT2D eigenvalue weighted by Gasteiger charge is 2.16. The molecule has 8 nitrogen and oxygen atoms in total. The van der Waals surface area contributed by atoms with Crippen LogP contribution in [0.2, 0.25) is 0 Å². The number of H-pyrrole nitrogens is 1. The molecule has 5 aromatic rings. The van der Waals surface area contributed by atoms with E-state index in [-0.39, 0.29) is 0 Å². The van der Waals surface area contributed by atoms with E-state index >= 15 is 0 Å². The highest BCUT2D eigenvalue weighted by molar-refractivity contribution is 5.93. The number of fused-ring (bicyclic) bond motifs is 2. The zero-order valence-corrected chi connectivity index (χ0v) is 15.2. The van der Waals surface area contributed by atoms with Crippen LogP contribution >= 0.6 is 0 Å². The summed E-state index contributed by atoms with van der Waals surface area (Å²) in [6, 6.07) is 9.86. The maximum absolute atomic E-state index is 6.04. The van der Waals surface area contributed by atoms with Crippen LogP contribution in [0.1, 0.15) is 5.56 Å². The highest BCUT2D eigenvalue weighted by Crippen LogP contribution is 2.30. The Bertz CT molecular complexity index is 1260. The number of hydrogen-bond acceptors (Lipinski definition) is 6. The van der Waals surface area contributed by atoms with Crippen molar-refractivity contribution < 1.29 is 4.74 Å². The summed E-state index contributed by atoms with van der Waals surface area (Å²) >= 11 is 0. The Labute approximate surface area is 160 Å². The van der Waals surface area contributed by atoms with Gasteiger partial charge in [0, 0.05) is 36.8 Å². The molecular weight excluding hydrogens is 354 g/mol. The predicted octanol–water partition coefficient (Wildman–Crippen LogP) is 2.92. The van der Waals surface area contributed by atoms with Gasteiger partial charge in [-0.15, -0.1) is 0 Å². The van der Waals surface area contributed by atoms with E-state index in [0.29, 0.717) is 18.3 Å². The predicted molar refractivity (Wildman–Crippen MR) is 105 cm³/mol. The van der Waals surface area contributed by atoms with Gasteiger partial charge in [0.1, 0.15) is 5.39 Å². The standard InChI is InChI=1S/C20H17N7O/c1-27-19-16(12-23-27)20(28-9-7-13-4-3-8-21-10-13)25-18(24-19)14-5-2-6-17-15(14)11-22-26-17/h2-6,8,10-12H,7,9H2,1H3,(H,22,26). The minimum Gasteiger partial charge on any atom is -0.477 e. The molecule has 0 saturated heterocycles. The number of rotatable bonds is 5. The van der Waals surface area contributed by atoms with Crippen molar-refractivity contribution in [2.45, 2.75) is 6.42 Å². The fraction of sp³-hybridized carbons (Fsp3) is 0.150. The summed E-state index contributed by atoms with van der Waals surface area (Å²) in [5.74, 6) is 1.11. The quantitative estimate of drug-likeness (QED) is 0.510. The van der Waals surface area contributed by atoms with E-state index in [1.54, 1.807) is 23.3 Å². The smallest absolute Gasteiger partial charge is 0.228 e. The minimum absolute atomic E-state index is 0.488. The molecule has 0 atom stereocenters. The van der Waals surface area contributed by atoms with Crippen molar-refractivity contribution in [1.29, 1.82) is 0 Å². The number of aryl methyl sites for hydroxylation is 1. The van der Waals surface area contributed by atoms with Crippen LogP contribution in [0.5, 0.6) is 5.88 Å². The Balaban J connectivity index is 1.54. The minimum atomic E-state index is 0.488. The van der Waals surface area contributed by atoms with E-state index < -0.39 is 0 Å². The summed E-state index contributed by atoms with van der Waals surface area (Å²) in [5, 5.41) is 13.2. The molecule has 1 N–H and O–H groups in total. The molecule has 1 aromatic carbocycles. The lowest BCUT2D eigenvalue weighted by atomic mass is 10.1. The molecule has 0 amide bonds. The molecule has 4 heterocycles. The molecule has 28 heavy (non-hydrogen) atoms. The van der Waals surface area contributed by atoms with Crippen LogP contribution < -0.4 is 4.74 Å². The molecule has 0 unspecified atom stereocenters. The van der Waals surface area contributed by atoms with Crippen molar-refractivity contribution in [3.63, 3.8) is 0 Å². The molecule has 138 valence electrons. The average Bonchev–Trinajstić information content (AvgIpc) is 3.35. The second-order valence-electron chi connectivity index (χ2n) is 6.45.